The maximum atomic E-state index is 11.7. The Bertz CT molecular complexity index is 428. The monoisotopic (exact) mass is 365 g/mol. The molecule has 14 heavy (non-hydrogen) atoms. The van der Waals surface area contributed by atoms with E-state index in [4.69, 9.17) is 0 Å². The second-order valence-corrected chi connectivity index (χ2v) is 5.97. The summed E-state index contributed by atoms with van der Waals surface area (Å²) >= 11 is 5.68. The highest BCUT2D eigenvalue weighted by Gasteiger charge is 2.39. The highest BCUT2D eigenvalue weighted by Crippen LogP contribution is 2.41. The summed E-state index contributed by atoms with van der Waals surface area (Å²) in [5.74, 6) is 0.0727. The molecule has 0 aromatic heterocycles. The predicted octanol–water partition coefficient (Wildman–Crippen LogP) is 3.28. The Hall–Kier alpha value is -0.100. The zero-order chi connectivity index (χ0) is 10.5. The third-order valence-electron chi connectivity index (χ3n) is 2.53. The van der Waals surface area contributed by atoms with E-state index in [1.54, 1.807) is 0 Å². The van der Waals surface area contributed by atoms with Crippen molar-refractivity contribution in [2.75, 3.05) is 5.32 Å². The number of amides is 1. The summed E-state index contributed by atoms with van der Waals surface area (Å²) in [7, 11) is 0. The van der Waals surface area contributed by atoms with Crippen molar-refractivity contribution in [2.24, 2.45) is 0 Å². The molecule has 0 atom stereocenters. The number of anilines is 1. The maximum absolute atomic E-state index is 11.7. The Morgan fingerprint density at radius 1 is 1.43 bits per heavy atom. The van der Waals surface area contributed by atoms with Crippen LogP contribution < -0.4 is 5.32 Å². The van der Waals surface area contributed by atoms with Crippen molar-refractivity contribution in [3.05, 3.63) is 25.7 Å². The minimum atomic E-state index is -0.418. The quantitative estimate of drug-likeness (QED) is 0.702. The lowest BCUT2D eigenvalue weighted by Gasteiger charge is -2.15. The molecule has 0 unspecified atom stereocenters. The van der Waals surface area contributed by atoms with E-state index in [1.807, 2.05) is 26.0 Å². The van der Waals surface area contributed by atoms with Gasteiger partial charge in [-0.2, -0.15) is 0 Å². The van der Waals surface area contributed by atoms with Crippen LogP contribution in [-0.2, 0) is 10.2 Å². The third kappa shape index (κ3) is 1.39. The molecule has 1 aliphatic rings. The van der Waals surface area contributed by atoms with Crippen LogP contribution in [0.2, 0.25) is 0 Å². The van der Waals surface area contributed by atoms with Crippen LogP contribution >= 0.6 is 38.5 Å². The summed E-state index contributed by atoms with van der Waals surface area (Å²) in [6, 6.07) is 4.01. The number of rotatable bonds is 0. The number of halogens is 2. The van der Waals surface area contributed by atoms with Crippen LogP contribution in [0.5, 0.6) is 0 Å². The van der Waals surface area contributed by atoms with Gasteiger partial charge in [-0.25, -0.2) is 0 Å². The maximum Gasteiger partial charge on any atom is 0.234 e. The number of benzene rings is 1. The van der Waals surface area contributed by atoms with Crippen LogP contribution in [0.15, 0.2) is 16.6 Å². The molecule has 2 rings (SSSR count). The summed E-state index contributed by atoms with van der Waals surface area (Å²) in [5.41, 5.74) is 1.61. The summed E-state index contributed by atoms with van der Waals surface area (Å²) in [5, 5.41) is 2.92. The van der Waals surface area contributed by atoms with Crippen LogP contribution in [0.1, 0.15) is 19.4 Å². The Labute approximate surface area is 105 Å². The third-order valence-corrected chi connectivity index (χ3v) is 3.84. The molecule has 0 aliphatic carbocycles. The highest BCUT2D eigenvalue weighted by atomic mass is 127. The molecule has 1 N–H and O–H groups in total. The fourth-order valence-electron chi connectivity index (χ4n) is 1.59. The number of carbonyl (C=O) groups excluding carboxylic acids is 1. The lowest BCUT2D eigenvalue weighted by atomic mass is 9.86. The van der Waals surface area contributed by atoms with Crippen LogP contribution in [0.4, 0.5) is 5.69 Å². The number of fused-ring (bicyclic) bond motifs is 1. The highest BCUT2D eigenvalue weighted by molar-refractivity contribution is 14.1. The number of hydrogen-bond acceptors (Lipinski definition) is 1. The first-order chi connectivity index (χ1) is 6.43. The second-order valence-electron chi connectivity index (χ2n) is 3.89. The zero-order valence-electron chi connectivity index (χ0n) is 7.82. The molecule has 0 saturated heterocycles. The molecule has 2 nitrogen and oxygen atoms in total. The standard InChI is InChI=1S/C10H9BrINO/c1-10(2)6-3-5(11)4-7(12)8(6)13-9(10)14/h3-4H,1-2H3,(H,13,14). The van der Waals surface area contributed by atoms with Gasteiger partial charge in [0.1, 0.15) is 0 Å². The van der Waals surface area contributed by atoms with Gasteiger partial charge in [0.15, 0.2) is 0 Å². The predicted molar refractivity (Wildman–Crippen MR) is 68.5 cm³/mol. The molecule has 0 radical (unpaired) electrons. The molecule has 1 heterocycles. The second kappa shape index (κ2) is 3.20. The fraction of sp³-hybridized carbons (Fsp3) is 0.300. The largest absolute Gasteiger partial charge is 0.324 e. The topological polar surface area (TPSA) is 29.1 Å². The van der Waals surface area contributed by atoms with E-state index >= 15 is 0 Å². The summed E-state index contributed by atoms with van der Waals surface area (Å²) < 4.78 is 2.09. The number of carbonyl (C=O) groups is 1. The molecule has 74 valence electrons. The van der Waals surface area contributed by atoms with Gasteiger partial charge in [-0.15, -0.1) is 0 Å². The van der Waals surface area contributed by atoms with Crippen molar-refractivity contribution in [3.63, 3.8) is 0 Å². The summed E-state index contributed by atoms with van der Waals surface area (Å²) in [6.45, 7) is 3.88. The molecule has 0 fully saturated rings. The van der Waals surface area contributed by atoms with Crippen molar-refractivity contribution in [1.29, 1.82) is 0 Å². The van der Waals surface area contributed by atoms with Gasteiger partial charge < -0.3 is 5.32 Å². The van der Waals surface area contributed by atoms with Gasteiger partial charge in [0.2, 0.25) is 5.91 Å². The SMILES string of the molecule is CC1(C)C(=O)Nc2c(I)cc(Br)cc21. The van der Waals surface area contributed by atoms with Crippen molar-refractivity contribution in [2.45, 2.75) is 19.3 Å². The molecule has 1 aliphatic heterocycles. The van der Waals surface area contributed by atoms with Crippen LogP contribution in [0.3, 0.4) is 0 Å². The van der Waals surface area contributed by atoms with Gasteiger partial charge in [0.05, 0.1) is 11.1 Å². The Balaban J connectivity index is 2.71. The van der Waals surface area contributed by atoms with Gasteiger partial charge in [0.25, 0.3) is 0 Å². The first-order valence-electron chi connectivity index (χ1n) is 4.24. The van der Waals surface area contributed by atoms with E-state index in [0.717, 1.165) is 19.3 Å². The van der Waals surface area contributed by atoms with E-state index in [0.29, 0.717) is 0 Å². The van der Waals surface area contributed by atoms with Gasteiger partial charge in [0, 0.05) is 8.04 Å². The number of nitrogens with one attached hydrogen (secondary N) is 1. The smallest absolute Gasteiger partial charge is 0.234 e. The normalized spacial score (nSPS) is 17.9. The van der Waals surface area contributed by atoms with Gasteiger partial charge >= 0.3 is 0 Å². The first kappa shape index (κ1) is 10.4. The molecule has 1 aromatic carbocycles. The fourth-order valence-corrected chi connectivity index (χ4v) is 3.23. The molecule has 4 heteroatoms. The minimum Gasteiger partial charge on any atom is -0.324 e. The molecule has 1 amide bonds. The van der Waals surface area contributed by atoms with Crippen LogP contribution in [0.25, 0.3) is 0 Å². The summed E-state index contributed by atoms with van der Waals surface area (Å²) in [6.07, 6.45) is 0. The van der Waals surface area contributed by atoms with Crippen molar-refractivity contribution in [3.8, 4) is 0 Å². The molecule has 1 aromatic rings. The molecular formula is C10H9BrINO. The van der Waals surface area contributed by atoms with Crippen molar-refractivity contribution in [1.82, 2.24) is 0 Å². The van der Waals surface area contributed by atoms with E-state index in [-0.39, 0.29) is 5.91 Å². The number of hydrogen-bond donors (Lipinski definition) is 1. The minimum absolute atomic E-state index is 0.0727. The summed E-state index contributed by atoms with van der Waals surface area (Å²) in [4.78, 5) is 11.7. The van der Waals surface area contributed by atoms with Gasteiger partial charge in [-0.3, -0.25) is 4.79 Å². The van der Waals surface area contributed by atoms with Gasteiger partial charge in [-0.1, -0.05) is 15.9 Å². The van der Waals surface area contributed by atoms with Crippen molar-refractivity contribution >= 4 is 50.1 Å². The van der Waals surface area contributed by atoms with E-state index in [9.17, 15) is 4.79 Å². The lowest BCUT2D eigenvalue weighted by molar-refractivity contribution is -0.119. The molecular weight excluding hydrogens is 357 g/mol. The van der Waals surface area contributed by atoms with Crippen molar-refractivity contribution < 1.29 is 4.79 Å². The van der Waals surface area contributed by atoms with E-state index in [1.165, 1.54) is 0 Å². The average Bonchev–Trinajstić information content (AvgIpc) is 2.28. The van der Waals surface area contributed by atoms with Crippen LogP contribution in [-0.4, -0.2) is 5.91 Å². The molecule has 0 bridgehead atoms. The first-order valence-corrected chi connectivity index (χ1v) is 6.11. The van der Waals surface area contributed by atoms with E-state index in [2.05, 4.69) is 43.8 Å². The molecule has 0 spiro atoms. The lowest BCUT2D eigenvalue weighted by Crippen LogP contribution is -2.26. The molecule has 0 saturated carbocycles. The van der Waals surface area contributed by atoms with Crippen LogP contribution in [0, 0.1) is 3.57 Å². The Morgan fingerprint density at radius 2 is 2.07 bits per heavy atom. The Morgan fingerprint density at radius 3 is 2.71 bits per heavy atom. The Kier molecular flexibility index (Phi) is 2.38. The average molecular weight is 366 g/mol. The van der Waals surface area contributed by atoms with E-state index < -0.39 is 5.41 Å². The zero-order valence-corrected chi connectivity index (χ0v) is 11.6. The van der Waals surface area contributed by atoms with Gasteiger partial charge in [-0.05, 0) is 54.1 Å².